The number of aryl methyl sites for hydroxylation is 3. The van der Waals surface area contributed by atoms with Gasteiger partial charge in [-0.3, -0.25) is 4.79 Å². The van der Waals surface area contributed by atoms with Crippen LogP contribution in [-0.4, -0.2) is 16.0 Å². The van der Waals surface area contributed by atoms with Crippen molar-refractivity contribution in [3.63, 3.8) is 0 Å². The average Bonchev–Trinajstić information content (AvgIpc) is 3.19. The van der Waals surface area contributed by atoms with Crippen molar-refractivity contribution in [2.75, 3.05) is 5.32 Å². The van der Waals surface area contributed by atoms with Crippen molar-refractivity contribution in [2.24, 2.45) is 0 Å². The fraction of sp³-hybridized carbons (Fsp3) is 0.235. The number of nitrogens with zero attached hydrogens (tertiary/aromatic N) is 2. The van der Waals surface area contributed by atoms with Crippen molar-refractivity contribution in [1.29, 1.82) is 0 Å². The second-order valence-corrected chi connectivity index (χ2v) is 5.30. The maximum absolute atomic E-state index is 12.1. The van der Waals surface area contributed by atoms with Gasteiger partial charge >= 0.3 is 0 Å². The lowest BCUT2D eigenvalue weighted by Gasteiger charge is -2.10. The van der Waals surface area contributed by atoms with E-state index < -0.39 is 0 Å². The largest absolute Gasteiger partial charge is 0.461 e. The predicted molar refractivity (Wildman–Crippen MR) is 84.9 cm³/mol. The highest BCUT2D eigenvalue weighted by Crippen LogP contribution is 2.20. The standard InChI is InChI=1S/C17H17N3O3/c1-11-5-3-6-12(2)16(11)18-14(21)8-9-15-19-17(20-23-15)13-7-4-10-22-13/h3-7,10H,8-9H2,1-2H3,(H,18,21). The van der Waals surface area contributed by atoms with Crippen LogP contribution in [0.15, 0.2) is 45.5 Å². The molecule has 0 fully saturated rings. The molecule has 0 atom stereocenters. The molecule has 0 aliphatic heterocycles. The van der Waals surface area contributed by atoms with Gasteiger partial charge in [-0.05, 0) is 37.1 Å². The van der Waals surface area contributed by atoms with E-state index in [-0.39, 0.29) is 12.3 Å². The van der Waals surface area contributed by atoms with Gasteiger partial charge in [-0.2, -0.15) is 4.98 Å². The van der Waals surface area contributed by atoms with Crippen LogP contribution in [0.25, 0.3) is 11.6 Å². The molecule has 0 radical (unpaired) electrons. The van der Waals surface area contributed by atoms with Gasteiger partial charge in [0.25, 0.3) is 0 Å². The first-order valence-electron chi connectivity index (χ1n) is 7.36. The lowest BCUT2D eigenvalue weighted by molar-refractivity contribution is -0.116. The zero-order valence-electron chi connectivity index (χ0n) is 13.0. The topological polar surface area (TPSA) is 81.2 Å². The third kappa shape index (κ3) is 3.48. The number of benzene rings is 1. The van der Waals surface area contributed by atoms with E-state index in [1.807, 2.05) is 32.0 Å². The monoisotopic (exact) mass is 311 g/mol. The molecule has 118 valence electrons. The first-order valence-corrected chi connectivity index (χ1v) is 7.36. The van der Waals surface area contributed by atoms with E-state index in [2.05, 4.69) is 15.5 Å². The van der Waals surface area contributed by atoms with Crippen molar-refractivity contribution >= 4 is 11.6 Å². The van der Waals surface area contributed by atoms with Gasteiger partial charge in [-0.15, -0.1) is 0 Å². The van der Waals surface area contributed by atoms with Gasteiger partial charge in [0.05, 0.1) is 6.26 Å². The molecule has 0 saturated carbocycles. The molecule has 3 aromatic rings. The van der Waals surface area contributed by atoms with Crippen molar-refractivity contribution in [3.8, 4) is 11.6 Å². The Labute approximate surface area is 133 Å². The summed E-state index contributed by atoms with van der Waals surface area (Å²) in [5.41, 5.74) is 2.94. The summed E-state index contributed by atoms with van der Waals surface area (Å²) in [7, 11) is 0. The van der Waals surface area contributed by atoms with Gasteiger partial charge in [-0.25, -0.2) is 0 Å². The molecule has 0 bridgehead atoms. The average molecular weight is 311 g/mol. The summed E-state index contributed by atoms with van der Waals surface area (Å²) in [5.74, 6) is 1.26. The molecule has 3 rings (SSSR count). The highest BCUT2D eigenvalue weighted by atomic mass is 16.5. The summed E-state index contributed by atoms with van der Waals surface area (Å²) in [4.78, 5) is 16.3. The Bertz CT molecular complexity index is 786. The second-order valence-electron chi connectivity index (χ2n) is 5.30. The van der Waals surface area contributed by atoms with Crippen LogP contribution in [0.4, 0.5) is 5.69 Å². The number of hydrogen-bond acceptors (Lipinski definition) is 5. The van der Waals surface area contributed by atoms with Crippen LogP contribution in [0, 0.1) is 13.8 Å². The van der Waals surface area contributed by atoms with E-state index in [0.29, 0.717) is 23.9 Å². The quantitative estimate of drug-likeness (QED) is 0.779. The lowest BCUT2D eigenvalue weighted by Crippen LogP contribution is -2.14. The van der Waals surface area contributed by atoms with E-state index in [0.717, 1.165) is 16.8 Å². The Morgan fingerprint density at radius 2 is 1.96 bits per heavy atom. The number of furan rings is 1. The number of aromatic nitrogens is 2. The van der Waals surface area contributed by atoms with Crippen molar-refractivity contribution in [3.05, 3.63) is 53.6 Å². The predicted octanol–water partition coefficient (Wildman–Crippen LogP) is 3.52. The molecular formula is C17H17N3O3. The molecule has 0 unspecified atom stereocenters. The van der Waals surface area contributed by atoms with Crippen molar-refractivity contribution in [1.82, 2.24) is 10.1 Å². The molecule has 2 heterocycles. The van der Waals surface area contributed by atoms with E-state index in [1.165, 1.54) is 0 Å². The lowest BCUT2D eigenvalue weighted by atomic mass is 10.1. The Morgan fingerprint density at radius 3 is 2.65 bits per heavy atom. The number of hydrogen-bond donors (Lipinski definition) is 1. The third-order valence-corrected chi connectivity index (χ3v) is 3.52. The minimum Gasteiger partial charge on any atom is -0.461 e. The number of carbonyl (C=O) groups is 1. The molecule has 1 N–H and O–H groups in total. The number of para-hydroxylation sites is 1. The normalized spacial score (nSPS) is 10.7. The summed E-state index contributed by atoms with van der Waals surface area (Å²) in [6, 6.07) is 9.41. The van der Waals surface area contributed by atoms with Gasteiger partial charge in [-0.1, -0.05) is 23.4 Å². The first kappa shape index (κ1) is 15.0. The third-order valence-electron chi connectivity index (χ3n) is 3.52. The zero-order chi connectivity index (χ0) is 16.2. The number of anilines is 1. The fourth-order valence-corrected chi connectivity index (χ4v) is 2.30. The first-order chi connectivity index (χ1) is 11.1. The second kappa shape index (κ2) is 6.48. The molecule has 0 aliphatic rings. The highest BCUT2D eigenvalue weighted by Gasteiger charge is 2.13. The number of amides is 1. The summed E-state index contributed by atoms with van der Waals surface area (Å²) < 4.78 is 10.3. The van der Waals surface area contributed by atoms with Gasteiger partial charge in [0.15, 0.2) is 5.76 Å². The van der Waals surface area contributed by atoms with Crippen LogP contribution in [0.1, 0.15) is 23.4 Å². The molecule has 1 amide bonds. The molecular weight excluding hydrogens is 294 g/mol. The fourth-order valence-electron chi connectivity index (χ4n) is 2.30. The van der Waals surface area contributed by atoms with Gasteiger partial charge in [0.1, 0.15) is 0 Å². The molecule has 0 aliphatic carbocycles. The maximum atomic E-state index is 12.1. The molecule has 6 heteroatoms. The molecule has 6 nitrogen and oxygen atoms in total. The van der Waals surface area contributed by atoms with Crippen LogP contribution >= 0.6 is 0 Å². The molecule has 0 spiro atoms. The summed E-state index contributed by atoms with van der Waals surface area (Å²) in [6.07, 6.45) is 2.20. The van der Waals surface area contributed by atoms with Gasteiger partial charge in [0.2, 0.25) is 17.6 Å². The van der Waals surface area contributed by atoms with E-state index in [4.69, 9.17) is 8.94 Å². The SMILES string of the molecule is Cc1cccc(C)c1NC(=O)CCc1nc(-c2ccco2)no1. The smallest absolute Gasteiger partial charge is 0.238 e. The molecule has 2 aromatic heterocycles. The Balaban J connectivity index is 1.59. The van der Waals surface area contributed by atoms with Gasteiger partial charge in [0, 0.05) is 18.5 Å². The van der Waals surface area contributed by atoms with Crippen LogP contribution in [-0.2, 0) is 11.2 Å². The Hall–Kier alpha value is -2.89. The summed E-state index contributed by atoms with van der Waals surface area (Å²) in [5, 5.41) is 6.77. The maximum Gasteiger partial charge on any atom is 0.238 e. The molecule has 1 aromatic carbocycles. The van der Waals surface area contributed by atoms with Gasteiger partial charge < -0.3 is 14.3 Å². The highest BCUT2D eigenvalue weighted by molar-refractivity contribution is 5.92. The van der Waals surface area contributed by atoms with Crippen LogP contribution in [0.5, 0.6) is 0 Å². The number of carbonyl (C=O) groups excluding carboxylic acids is 1. The summed E-state index contributed by atoms with van der Waals surface area (Å²) >= 11 is 0. The number of rotatable bonds is 5. The summed E-state index contributed by atoms with van der Waals surface area (Å²) in [6.45, 7) is 3.94. The van der Waals surface area contributed by atoms with Crippen molar-refractivity contribution < 1.29 is 13.7 Å². The van der Waals surface area contributed by atoms with E-state index in [9.17, 15) is 4.79 Å². The number of nitrogens with one attached hydrogen (secondary N) is 1. The zero-order valence-corrected chi connectivity index (χ0v) is 13.0. The van der Waals surface area contributed by atoms with Crippen LogP contribution < -0.4 is 5.32 Å². The Kier molecular flexibility index (Phi) is 4.23. The van der Waals surface area contributed by atoms with Crippen LogP contribution in [0.3, 0.4) is 0 Å². The minimum atomic E-state index is -0.0832. The van der Waals surface area contributed by atoms with E-state index in [1.54, 1.807) is 18.4 Å². The molecule has 0 saturated heterocycles. The molecule has 23 heavy (non-hydrogen) atoms. The van der Waals surface area contributed by atoms with Crippen LogP contribution in [0.2, 0.25) is 0 Å². The minimum absolute atomic E-state index is 0.0832. The van der Waals surface area contributed by atoms with E-state index >= 15 is 0 Å². The van der Waals surface area contributed by atoms with Crippen molar-refractivity contribution in [2.45, 2.75) is 26.7 Å². The Morgan fingerprint density at radius 1 is 1.17 bits per heavy atom.